The quantitative estimate of drug-likeness (QED) is 0.776. The molecule has 116 valence electrons. The lowest BCUT2D eigenvalue weighted by atomic mass is 10.0. The molecule has 0 spiro atoms. The Hall–Kier alpha value is -2.67. The van der Waals surface area contributed by atoms with E-state index in [1.807, 2.05) is 34.3 Å². The molecule has 1 aliphatic rings. The number of nitrogens with zero attached hydrogens (tertiary/aromatic N) is 2. The van der Waals surface area contributed by atoms with Crippen LogP contribution < -0.4 is 10.6 Å². The molecule has 0 aliphatic carbocycles. The van der Waals surface area contributed by atoms with E-state index < -0.39 is 0 Å². The van der Waals surface area contributed by atoms with Gasteiger partial charge in [-0.3, -0.25) is 14.0 Å². The number of hydrogen-bond acceptors (Lipinski definition) is 4. The molecule has 0 fully saturated rings. The van der Waals surface area contributed by atoms with E-state index in [2.05, 4.69) is 15.6 Å². The molecular formula is C16H14N4O2S. The maximum absolute atomic E-state index is 12.2. The zero-order chi connectivity index (χ0) is 15.8. The first-order valence-corrected chi connectivity index (χ1v) is 8.19. The number of carbonyl (C=O) groups is 2. The average Bonchev–Trinajstić information content (AvgIpc) is 3.08. The monoisotopic (exact) mass is 326 g/mol. The molecular weight excluding hydrogens is 312 g/mol. The zero-order valence-corrected chi connectivity index (χ0v) is 13.0. The van der Waals surface area contributed by atoms with Gasteiger partial charge in [-0.25, -0.2) is 4.98 Å². The molecule has 0 atom stereocenters. The van der Waals surface area contributed by atoms with Crippen LogP contribution in [0.3, 0.4) is 0 Å². The van der Waals surface area contributed by atoms with E-state index in [9.17, 15) is 9.59 Å². The number of amides is 2. The Morgan fingerprint density at radius 3 is 3.17 bits per heavy atom. The van der Waals surface area contributed by atoms with Crippen LogP contribution in [0.15, 0.2) is 36.0 Å². The summed E-state index contributed by atoms with van der Waals surface area (Å²) in [6.07, 6.45) is 5.21. The minimum atomic E-state index is -0.101. The Bertz CT molecular complexity index is 883. The summed E-state index contributed by atoms with van der Waals surface area (Å²) in [6, 6.07) is 5.54. The first-order valence-electron chi connectivity index (χ1n) is 7.31. The molecule has 0 unspecified atom stereocenters. The van der Waals surface area contributed by atoms with E-state index in [0.29, 0.717) is 12.8 Å². The molecule has 0 radical (unpaired) electrons. The summed E-state index contributed by atoms with van der Waals surface area (Å²) in [6.45, 7) is 0. The van der Waals surface area contributed by atoms with Crippen molar-refractivity contribution in [1.29, 1.82) is 0 Å². The highest BCUT2D eigenvalue weighted by atomic mass is 32.1. The Morgan fingerprint density at radius 1 is 1.39 bits per heavy atom. The number of aromatic nitrogens is 2. The highest BCUT2D eigenvalue weighted by molar-refractivity contribution is 7.15. The number of fused-ring (bicyclic) bond motifs is 2. The van der Waals surface area contributed by atoms with Crippen molar-refractivity contribution in [2.75, 3.05) is 10.6 Å². The molecule has 2 N–H and O–H groups in total. The number of thiazole rings is 1. The summed E-state index contributed by atoms with van der Waals surface area (Å²) in [7, 11) is 0. The molecule has 0 bridgehead atoms. The van der Waals surface area contributed by atoms with Crippen LogP contribution in [0.4, 0.5) is 11.4 Å². The summed E-state index contributed by atoms with van der Waals surface area (Å²) in [5, 5.41) is 7.68. The first-order chi connectivity index (χ1) is 11.2. The van der Waals surface area contributed by atoms with Crippen LogP contribution in [0.2, 0.25) is 0 Å². The van der Waals surface area contributed by atoms with Crippen molar-refractivity contribution in [2.45, 2.75) is 19.3 Å². The molecule has 7 heteroatoms. The van der Waals surface area contributed by atoms with Gasteiger partial charge in [0.15, 0.2) is 4.96 Å². The number of hydrogen-bond donors (Lipinski definition) is 2. The Kier molecular flexibility index (Phi) is 3.34. The standard InChI is InChI=1S/C16H14N4O2S/c21-14-4-1-10-7-11(2-3-13(10)19-14)17-15(22)8-12-9-20-5-6-23-16(20)18-12/h2-3,5-7,9H,1,4,8H2,(H,17,22)(H,19,21). The minimum Gasteiger partial charge on any atom is -0.326 e. The van der Waals surface area contributed by atoms with Gasteiger partial charge in [-0.05, 0) is 30.2 Å². The molecule has 1 aliphatic heterocycles. The lowest BCUT2D eigenvalue weighted by molar-refractivity contribution is -0.117. The first kappa shape index (κ1) is 14.0. The van der Waals surface area contributed by atoms with Gasteiger partial charge < -0.3 is 10.6 Å². The molecule has 0 saturated carbocycles. The summed E-state index contributed by atoms with van der Waals surface area (Å²) < 4.78 is 1.91. The van der Waals surface area contributed by atoms with Crippen molar-refractivity contribution in [3.63, 3.8) is 0 Å². The Balaban J connectivity index is 1.46. The minimum absolute atomic E-state index is 0.0361. The summed E-state index contributed by atoms with van der Waals surface area (Å²) in [5.41, 5.74) is 3.36. The fourth-order valence-electron chi connectivity index (χ4n) is 2.69. The van der Waals surface area contributed by atoms with E-state index >= 15 is 0 Å². The maximum Gasteiger partial charge on any atom is 0.230 e. The highest BCUT2D eigenvalue weighted by Gasteiger charge is 2.15. The molecule has 3 aromatic rings. The van der Waals surface area contributed by atoms with Crippen molar-refractivity contribution in [2.24, 2.45) is 0 Å². The van der Waals surface area contributed by atoms with Crippen LogP contribution in [0.25, 0.3) is 4.96 Å². The fourth-order valence-corrected chi connectivity index (χ4v) is 3.41. The summed E-state index contributed by atoms with van der Waals surface area (Å²) in [5.74, 6) is -0.0652. The molecule has 3 heterocycles. The van der Waals surface area contributed by atoms with E-state index in [-0.39, 0.29) is 18.2 Å². The van der Waals surface area contributed by atoms with Gasteiger partial charge >= 0.3 is 0 Å². The molecule has 4 rings (SSSR count). The van der Waals surface area contributed by atoms with Crippen LogP contribution >= 0.6 is 11.3 Å². The predicted molar refractivity (Wildman–Crippen MR) is 88.8 cm³/mol. The largest absolute Gasteiger partial charge is 0.326 e. The lowest BCUT2D eigenvalue weighted by Gasteiger charge is -2.17. The fraction of sp³-hybridized carbons (Fsp3) is 0.188. The Morgan fingerprint density at radius 2 is 2.30 bits per heavy atom. The van der Waals surface area contributed by atoms with Gasteiger partial charge in [0.25, 0.3) is 0 Å². The predicted octanol–water partition coefficient (Wildman–Crippen LogP) is 2.46. The topological polar surface area (TPSA) is 75.5 Å². The molecule has 0 saturated heterocycles. The van der Waals surface area contributed by atoms with Crippen LogP contribution in [0.1, 0.15) is 17.7 Å². The third-order valence-electron chi connectivity index (χ3n) is 3.77. The van der Waals surface area contributed by atoms with Crippen LogP contribution in [0.5, 0.6) is 0 Å². The lowest BCUT2D eigenvalue weighted by Crippen LogP contribution is -2.20. The van der Waals surface area contributed by atoms with Gasteiger partial charge in [0.05, 0.1) is 12.1 Å². The molecule has 2 aromatic heterocycles. The second kappa shape index (κ2) is 5.51. The second-order valence-corrected chi connectivity index (χ2v) is 6.34. The molecule has 2 amide bonds. The summed E-state index contributed by atoms with van der Waals surface area (Å²) >= 11 is 1.54. The third kappa shape index (κ3) is 2.83. The number of carbonyl (C=O) groups excluding carboxylic acids is 2. The van der Waals surface area contributed by atoms with Gasteiger partial charge in [-0.1, -0.05) is 0 Å². The molecule has 6 nitrogen and oxygen atoms in total. The SMILES string of the molecule is O=C(Cc1cn2ccsc2n1)Nc1ccc2c(c1)CCC(=O)N2. The third-order valence-corrected chi connectivity index (χ3v) is 4.54. The highest BCUT2D eigenvalue weighted by Crippen LogP contribution is 2.25. The van der Waals surface area contributed by atoms with Gasteiger partial charge in [0.1, 0.15) is 0 Å². The van der Waals surface area contributed by atoms with Gasteiger partial charge in [-0.2, -0.15) is 0 Å². The normalized spacial score (nSPS) is 13.7. The van der Waals surface area contributed by atoms with Crippen molar-refractivity contribution < 1.29 is 9.59 Å². The second-order valence-electron chi connectivity index (χ2n) is 5.47. The maximum atomic E-state index is 12.2. The van der Waals surface area contributed by atoms with E-state index in [1.165, 1.54) is 0 Å². The van der Waals surface area contributed by atoms with Gasteiger partial charge in [-0.15, -0.1) is 11.3 Å². The number of nitrogens with one attached hydrogen (secondary N) is 2. The number of aryl methyl sites for hydroxylation is 1. The number of anilines is 2. The van der Waals surface area contributed by atoms with Crippen molar-refractivity contribution in [1.82, 2.24) is 9.38 Å². The van der Waals surface area contributed by atoms with Crippen LogP contribution in [-0.4, -0.2) is 21.2 Å². The van der Waals surface area contributed by atoms with E-state index in [4.69, 9.17) is 0 Å². The van der Waals surface area contributed by atoms with Crippen LogP contribution in [-0.2, 0) is 22.4 Å². The smallest absolute Gasteiger partial charge is 0.230 e. The van der Waals surface area contributed by atoms with E-state index in [1.54, 1.807) is 17.4 Å². The number of imidazole rings is 1. The summed E-state index contributed by atoms with van der Waals surface area (Å²) in [4.78, 5) is 28.8. The van der Waals surface area contributed by atoms with Crippen molar-refractivity contribution in [3.05, 3.63) is 47.2 Å². The van der Waals surface area contributed by atoms with Crippen molar-refractivity contribution in [3.8, 4) is 0 Å². The van der Waals surface area contributed by atoms with Crippen molar-refractivity contribution >= 4 is 39.5 Å². The molecule has 1 aromatic carbocycles. The Labute approximate surface area is 136 Å². The number of benzene rings is 1. The van der Waals surface area contributed by atoms with Gasteiger partial charge in [0, 0.05) is 35.6 Å². The van der Waals surface area contributed by atoms with E-state index in [0.717, 1.165) is 27.6 Å². The van der Waals surface area contributed by atoms with Crippen LogP contribution in [0, 0.1) is 0 Å². The number of rotatable bonds is 3. The average molecular weight is 326 g/mol. The zero-order valence-electron chi connectivity index (χ0n) is 12.2. The molecule has 23 heavy (non-hydrogen) atoms. The van der Waals surface area contributed by atoms with Gasteiger partial charge in [0.2, 0.25) is 11.8 Å².